The minimum atomic E-state index is 0. The molecule has 0 spiro atoms. The van der Waals surface area contributed by atoms with Crippen molar-refractivity contribution in [2.75, 3.05) is 0 Å². The second-order valence-corrected chi connectivity index (χ2v) is 37.9. The van der Waals surface area contributed by atoms with Gasteiger partial charge in [0.15, 0.2) is 0 Å². The van der Waals surface area contributed by atoms with Gasteiger partial charge in [-0.1, -0.05) is 285 Å². The third-order valence-electron chi connectivity index (χ3n) is 33.7. The van der Waals surface area contributed by atoms with E-state index in [1.807, 2.05) is 83.1 Å². The van der Waals surface area contributed by atoms with Gasteiger partial charge in [-0.3, -0.25) is 0 Å². The van der Waals surface area contributed by atoms with E-state index in [0.29, 0.717) is 0 Å². The lowest BCUT2D eigenvalue weighted by atomic mass is 8.90. The molecule has 20 fully saturated rings. The summed E-state index contributed by atoms with van der Waals surface area (Å²) in [5.74, 6) is 18.5. The van der Waals surface area contributed by atoms with Gasteiger partial charge in [0.25, 0.3) is 0 Å². The van der Waals surface area contributed by atoms with Crippen LogP contribution in [0.5, 0.6) is 0 Å². The second-order valence-electron chi connectivity index (χ2n) is 37.9. The molecule has 0 heteroatoms. The van der Waals surface area contributed by atoms with E-state index in [2.05, 4.69) is 166 Å². The number of hydrogen-bond acceptors (Lipinski definition) is 0. The lowest BCUT2D eigenvalue weighted by Gasteiger charge is -3.13. The molecule has 0 N–H and O–H groups in total. The highest BCUT2D eigenvalue weighted by atomic mass is 15.1. The van der Waals surface area contributed by atoms with E-state index < -0.39 is 0 Å². The highest BCUT2D eigenvalue weighted by molar-refractivity contribution is 5.55. The molecule has 0 aromatic heterocycles. The van der Waals surface area contributed by atoms with E-state index in [-0.39, 0.29) is 29.7 Å². The first kappa shape index (κ1) is 93.0. The quantitative estimate of drug-likeness (QED) is 0.183. The van der Waals surface area contributed by atoms with E-state index in [9.17, 15) is 0 Å². The SMILES string of the molecule is C.C.C.C.CC.CC.CC.CC.CC.CC.CC(C)C12C3C4C1C1C2C3C41C(C)C.CC(C)C12CC(C(C)C)(C1)C2.CC(C)C12CCC(C(C)C)(C1)C2.CC(C)C12CCC(C(C)C)(CC1)C2.CC(C)C12CCC(C(C)C)(CC1)CC2.CC(C)C12CCCC(C(C)C)(C1)C2. The van der Waals surface area contributed by atoms with Crippen LogP contribution in [0.25, 0.3) is 0 Å². The van der Waals surface area contributed by atoms with Crippen LogP contribution in [0, 0.1) is 172 Å². The van der Waals surface area contributed by atoms with Crippen LogP contribution in [0.15, 0.2) is 0 Å². The van der Waals surface area contributed by atoms with Gasteiger partial charge in [0.1, 0.15) is 0 Å². The molecular formula is C93H188. The molecule has 20 aliphatic carbocycles. The van der Waals surface area contributed by atoms with Crippen molar-refractivity contribution in [3.8, 4) is 0 Å². The summed E-state index contributed by atoms with van der Waals surface area (Å²) in [6, 6.07) is 0. The Balaban J connectivity index is 0.00000105. The van der Waals surface area contributed by atoms with Crippen LogP contribution >= 0.6 is 0 Å². The Morgan fingerprint density at radius 2 is 0.290 bits per heavy atom. The number of hydrogen-bond donors (Lipinski definition) is 0. The van der Waals surface area contributed by atoms with Crippen molar-refractivity contribution in [2.24, 2.45) is 172 Å². The number of fused-ring (bicyclic) bond motifs is 8. The van der Waals surface area contributed by atoms with E-state index in [1.165, 1.54) is 183 Å². The van der Waals surface area contributed by atoms with Crippen LogP contribution in [-0.2, 0) is 0 Å². The van der Waals surface area contributed by atoms with Gasteiger partial charge >= 0.3 is 0 Å². The topological polar surface area (TPSA) is 0 Å². The summed E-state index contributed by atoms with van der Waals surface area (Å²) < 4.78 is 0. The van der Waals surface area contributed by atoms with Crippen molar-refractivity contribution < 1.29 is 0 Å². The fourth-order valence-corrected chi connectivity index (χ4v) is 26.5. The number of rotatable bonds is 12. The molecule has 20 rings (SSSR count). The van der Waals surface area contributed by atoms with Gasteiger partial charge in [0, 0.05) is 0 Å². The van der Waals surface area contributed by atoms with E-state index in [1.54, 1.807) is 0 Å². The molecule has 0 aromatic carbocycles. The van der Waals surface area contributed by atoms with Crippen LogP contribution in [0.4, 0.5) is 0 Å². The van der Waals surface area contributed by atoms with Gasteiger partial charge in [0.05, 0.1) is 0 Å². The Morgan fingerprint density at radius 3 is 0.430 bits per heavy atom. The molecule has 0 atom stereocenters. The summed E-state index contributed by atoms with van der Waals surface area (Å²) in [5.41, 5.74) is 9.57. The third kappa shape index (κ3) is 14.1. The zero-order valence-corrected chi connectivity index (χ0v) is 68.7. The van der Waals surface area contributed by atoms with Crippen molar-refractivity contribution in [1.82, 2.24) is 0 Å². The second kappa shape index (κ2) is 34.3. The zero-order valence-electron chi connectivity index (χ0n) is 68.7. The smallest absolute Gasteiger partial charge is 0.0172 e. The summed E-state index contributed by atoms with van der Waals surface area (Å²) in [6.45, 7) is 82.4. The van der Waals surface area contributed by atoms with Crippen LogP contribution < -0.4 is 0 Å². The minimum Gasteiger partial charge on any atom is -0.0776 e. The van der Waals surface area contributed by atoms with E-state index in [4.69, 9.17) is 0 Å². The van der Waals surface area contributed by atoms with Crippen molar-refractivity contribution in [3.05, 3.63) is 0 Å². The minimum absolute atomic E-state index is 0. The van der Waals surface area contributed by atoms with Gasteiger partial charge in [-0.2, -0.15) is 0 Å². The summed E-state index contributed by atoms with van der Waals surface area (Å²) in [7, 11) is 0. The normalized spacial score (nSPS) is 42.3. The summed E-state index contributed by atoms with van der Waals surface area (Å²) in [6.07, 6.45) is 35.0. The Labute approximate surface area is 594 Å². The Hall–Kier alpha value is 0. The predicted octanol–water partition coefficient (Wildman–Crippen LogP) is 32.2. The van der Waals surface area contributed by atoms with Crippen LogP contribution in [0.1, 0.15) is 427 Å². The van der Waals surface area contributed by atoms with Gasteiger partial charge in [-0.25, -0.2) is 0 Å². The highest BCUT2D eigenvalue weighted by Gasteiger charge is 3.09. The zero-order chi connectivity index (χ0) is 68.7. The molecule has 0 amide bonds. The molecule has 0 aliphatic heterocycles. The monoisotopic (exact) mass is 1310 g/mol. The van der Waals surface area contributed by atoms with Crippen LogP contribution in [0.3, 0.4) is 0 Å². The van der Waals surface area contributed by atoms with Crippen LogP contribution in [0.2, 0.25) is 0 Å². The lowest BCUT2D eigenvalue weighted by molar-refractivity contribution is -0.674. The molecule has 0 saturated heterocycles. The summed E-state index contributed by atoms with van der Waals surface area (Å²) in [4.78, 5) is 0. The predicted molar refractivity (Wildman–Crippen MR) is 429 cm³/mol. The van der Waals surface area contributed by atoms with Crippen molar-refractivity contribution >= 4 is 0 Å². The Morgan fingerprint density at radius 1 is 0.161 bits per heavy atom. The average molecular weight is 1310 g/mol. The summed E-state index contributed by atoms with van der Waals surface area (Å²) in [5, 5.41) is 0. The van der Waals surface area contributed by atoms with Gasteiger partial charge < -0.3 is 0 Å². The van der Waals surface area contributed by atoms with Gasteiger partial charge in [-0.05, 0) is 313 Å². The van der Waals surface area contributed by atoms with Crippen molar-refractivity contribution in [2.45, 2.75) is 427 Å². The first-order valence-electron chi connectivity index (χ1n) is 41.7. The molecule has 0 unspecified atom stereocenters. The summed E-state index contributed by atoms with van der Waals surface area (Å²) >= 11 is 0. The first-order valence-corrected chi connectivity index (χ1v) is 41.7. The maximum Gasteiger partial charge on any atom is -0.0172 e. The molecule has 0 aromatic rings. The molecule has 560 valence electrons. The average Bonchev–Trinajstić information content (AvgIpc) is 0.743. The Bertz CT molecular complexity index is 1830. The standard InChI is InChI=1S/C14H20.C14H26.2C13H24.C12H22.C11H20.6C2H6.4CH4/c1-5(2)13-7-10-8(13)12-9(13)11(7)14(10,12)6(3)4;1-11(2)13-5-8-14(9-6-13,10-7-13)12(3)4;1-10(2)12-5-7-13(9-12,8-6-12)11(3)4;1-10(2)12-6-5-7-13(8-12,9-12)11(3)4;1-9(2)11-5-6-12(7-11,8-11)10(3)4;1-8(2)10-5-11(6-10,7-10)9(3)4;6*1-2;;;;/h5-12H,1-4H3;11-12H,5-10H2,1-4H3;2*10-11H,5-9H2,1-4H3;9-10H,5-8H2,1-4H3;8-9H,5-7H2,1-4H3;6*1-2H3;4*1H4. The van der Waals surface area contributed by atoms with Crippen molar-refractivity contribution in [1.29, 1.82) is 0 Å². The highest BCUT2D eigenvalue weighted by Crippen LogP contribution is 3.12. The Kier molecular flexibility index (Phi) is 34.3. The lowest BCUT2D eigenvalue weighted by Crippen LogP contribution is -3.11. The molecule has 0 radical (unpaired) electrons. The van der Waals surface area contributed by atoms with Crippen LogP contribution in [-0.4, -0.2) is 0 Å². The maximum atomic E-state index is 2.49. The third-order valence-corrected chi connectivity index (χ3v) is 33.7. The first-order chi connectivity index (χ1) is 41.7. The fraction of sp³-hybridized carbons (Fsp3) is 1.00. The molecule has 20 saturated carbocycles. The van der Waals surface area contributed by atoms with E-state index in [0.717, 1.165) is 136 Å². The molecule has 0 heterocycles. The van der Waals surface area contributed by atoms with Gasteiger partial charge in [0.2, 0.25) is 0 Å². The molecule has 10 bridgehead atoms. The van der Waals surface area contributed by atoms with E-state index >= 15 is 0 Å². The molecule has 0 nitrogen and oxygen atoms in total. The largest absolute Gasteiger partial charge is 0.0776 e. The molecule has 93 heavy (non-hydrogen) atoms. The molecular weight excluding hydrogens is 1120 g/mol. The van der Waals surface area contributed by atoms with Crippen molar-refractivity contribution in [3.63, 3.8) is 0 Å². The molecule has 20 aliphatic rings. The maximum absolute atomic E-state index is 2.49. The fourth-order valence-electron chi connectivity index (χ4n) is 26.5. The van der Waals surface area contributed by atoms with Gasteiger partial charge in [-0.15, -0.1) is 0 Å².